The van der Waals surface area contributed by atoms with Crippen LogP contribution >= 0.6 is 0 Å². The molecule has 1 N–H and O–H groups in total. The Morgan fingerprint density at radius 3 is 2.40 bits per heavy atom. The van der Waals surface area contributed by atoms with Gasteiger partial charge in [0.15, 0.2) is 0 Å². The van der Waals surface area contributed by atoms with Gasteiger partial charge in [-0.05, 0) is 110 Å². The van der Waals surface area contributed by atoms with Gasteiger partial charge in [-0.15, -0.1) is 0 Å². The summed E-state index contributed by atoms with van der Waals surface area (Å²) in [7, 11) is 0. The summed E-state index contributed by atoms with van der Waals surface area (Å²) in [5.41, 5.74) is 1.23. The Morgan fingerprint density at radius 2 is 1.64 bits per heavy atom. The molecule has 0 spiro atoms. The molecule has 4 saturated carbocycles. The summed E-state index contributed by atoms with van der Waals surface area (Å²) >= 11 is 0. The van der Waals surface area contributed by atoms with Crippen molar-refractivity contribution in [3.05, 3.63) is 0 Å². The number of rotatable bonds is 3. The average Bonchev–Trinajstić information content (AvgIpc) is 2.93. The Morgan fingerprint density at radius 1 is 0.920 bits per heavy atom. The van der Waals surface area contributed by atoms with E-state index in [1.165, 1.54) is 57.8 Å². The van der Waals surface area contributed by atoms with Crippen LogP contribution in [-0.4, -0.2) is 11.7 Å². The van der Waals surface area contributed by atoms with Crippen LogP contribution in [0.25, 0.3) is 0 Å². The zero-order valence-corrected chi connectivity index (χ0v) is 17.3. The number of aliphatic hydroxyl groups excluding tert-OH is 1. The number of hydrogen-bond donors (Lipinski definition) is 1. The van der Waals surface area contributed by atoms with Gasteiger partial charge in [-0.3, -0.25) is 0 Å². The highest BCUT2D eigenvalue weighted by molar-refractivity contribution is 5.09. The number of fused-ring (bicyclic) bond motifs is 5. The topological polar surface area (TPSA) is 20.2 Å². The second-order valence-corrected chi connectivity index (χ2v) is 11.3. The van der Waals surface area contributed by atoms with Gasteiger partial charge >= 0.3 is 0 Å². The molecule has 1 nitrogen and oxygen atoms in total. The third-order valence-electron chi connectivity index (χ3n) is 10.3. The highest BCUT2D eigenvalue weighted by Gasteiger charge is 2.60. The van der Waals surface area contributed by atoms with E-state index in [2.05, 4.69) is 27.7 Å². The molecule has 4 fully saturated rings. The summed E-state index contributed by atoms with van der Waals surface area (Å²) < 4.78 is 0. The van der Waals surface area contributed by atoms with Crippen LogP contribution in [0.3, 0.4) is 0 Å². The lowest BCUT2D eigenvalue weighted by atomic mass is 9.44. The summed E-state index contributed by atoms with van der Waals surface area (Å²) in [5, 5.41) is 9.45. The normalized spacial score (nSPS) is 53.6. The largest absolute Gasteiger partial charge is 0.396 e. The molecule has 4 rings (SSSR count). The smallest absolute Gasteiger partial charge is 0.0433 e. The van der Waals surface area contributed by atoms with Crippen LogP contribution in [0.1, 0.15) is 91.9 Å². The van der Waals surface area contributed by atoms with Crippen molar-refractivity contribution in [2.45, 2.75) is 91.9 Å². The summed E-state index contributed by atoms with van der Waals surface area (Å²) in [6.45, 7) is 10.6. The maximum atomic E-state index is 9.45. The maximum Gasteiger partial charge on any atom is 0.0433 e. The first kappa shape index (κ1) is 18.3. The zero-order chi connectivity index (χ0) is 17.8. The second-order valence-electron chi connectivity index (χ2n) is 11.3. The predicted molar refractivity (Wildman–Crippen MR) is 105 cm³/mol. The molecule has 0 aromatic rings. The highest BCUT2D eigenvalue weighted by Crippen LogP contribution is 2.68. The number of hydrogen-bond acceptors (Lipinski definition) is 1. The highest BCUT2D eigenvalue weighted by atomic mass is 16.3. The van der Waals surface area contributed by atoms with E-state index in [9.17, 15) is 5.11 Å². The quantitative estimate of drug-likeness (QED) is 0.635. The molecule has 0 aromatic heterocycles. The lowest BCUT2D eigenvalue weighted by Gasteiger charge is -2.61. The maximum absolute atomic E-state index is 9.45. The first-order valence-corrected chi connectivity index (χ1v) is 11.5. The SMILES string of the molecule is C[C@H]1CC[C@]2(C)C3CC[C@@]4(C)C(CC[C@@H]4[C@H](C)CCO)C3CC[C@H]2C1. The van der Waals surface area contributed by atoms with Crippen LogP contribution in [0, 0.1) is 52.3 Å². The first-order valence-electron chi connectivity index (χ1n) is 11.5. The molecule has 4 aliphatic rings. The van der Waals surface area contributed by atoms with Gasteiger partial charge in [-0.2, -0.15) is 0 Å². The van der Waals surface area contributed by atoms with Crippen molar-refractivity contribution in [3.63, 3.8) is 0 Å². The van der Waals surface area contributed by atoms with Crippen molar-refractivity contribution in [2.24, 2.45) is 52.3 Å². The van der Waals surface area contributed by atoms with Gasteiger partial charge < -0.3 is 5.11 Å². The molecule has 144 valence electrons. The van der Waals surface area contributed by atoms with E-state index in [1.807, 2.05) is 0 Å². The molecule has 9 atom stereocenters. The summed E-state index contributed by atoms with van der Waals surface area (Å²) in [6, 6.07) is 0. The Hall–Kier alpha value is -0.0400. The molecule has 0 amide bonds. The van der Waals surface area contributed by atoms with Crippen LogP contribution in [0.2, 0.25) is 0 Å². The van der Waals surface area contributed by atoms with E-state index < -0.39 is 0 Å². The van der Waals surface area contributed by atoms with Crippen molar-refractivity contribution >= 4 is 0 Å². The van der Waals surface area contributed by atoms with Crippen LogP contribution < -0.4 is 0 Å². The van der Waals surface area contributed by atoms with Crippen molar-refractivity contribution in [1.82, 2.24) is 0 Å². The van der Waals surface area contributed by atoms with E-state index in [0.717, 1.165) is 41.9 Å². The van der Waals surface area contributed by atoms with Gasteiger partial charge in [-0.1, -0.05) is 34.1 Å². The Bertz CT molecular complexity index is 486. The summed E-state index contributed by atoms with van der Waals surface area (Å²) in [4.78, 5) is 0. The molecule has 0 saturated heterocycles. The van der Waals surface area contributed by atoms with Gasteiger partial charge in [0.25, 0.3) is 0 Å². The monoisotopic (exact) mass is 346 g/mol. The zero-order valence-electron chi connectivity index (χ0n) is 17.3. The minimum atomic E-state index is 0.377. The van der Waals surface area contributed by atoms with Crippen molar-refractivity contribution in [1.29, 1.82) is 0 Å². The van der Waals surface area contributed by atoms with Crippen LogP contribution in [0.15, 0.2) is 0 Å². The molecule has 0 bridgehead atoms. The molecule has 0 radical (unpaired) electrons. The van der Waals surface area contributed by atoms with Crippen LogP contribution in [0.4, 0.5) is 0 Å². The van der Waals surface area contributed by atoms with Gasteiger partial charge in [0.2, 0.25) is 0 Å². The molecule has 0 aliphatic heterocycles. The lowest BCUT2D eigenvalue weighted by molar-refractivity contribution is -0.120. The van der Waals surface area contributed by atoms with E-state index in [1.54, 1.807) is 0 Å². The van der Waals surface area contributed by atoms with E-state index >= 15 is 0 Å². The number of aliphatic hydroxyl groups is 1. The van der Waals surface area contributed by atoms with Gasteiger partial charge in [-0.25, -0.2) is 0 Å². The predicted octanol–water partition coefficient (Wildman–Crippen LogP) is 6.30. The molecule has 0 heterocycles. The summed E-state index contributed by atoms with van der Waals surface area (Å²) in [5.74, 6) is 6.57. The molecule has 25 heavy (non-hydrogen) atoms. The molecule has 3 unspecified atom stereocenters. The Balaban J connectivity index is 1.56. The van der Waals surface area contributed by atoms with E-state index in [4.69, 9.17) is 0 Å². The molecule has 0 aromatic carbocycles. The van der Waals surface area contributed by atoms with Gasteiger partial charge in [0, 0.05) is 6.61 Å². The fourth-order valence-electron chi connectivity index (χ4n) is 8.85. The standard InChI is InChI=1S/C24H42O/c1-16-9-12-23(3)18(15-16)5-6-19-21-8-7-20(17(2)11-14-25)24(21,4)13-10-22(19)23/h16-22,25H,5-15H2,1-4H3/t16-,17+,18-,19?,20+,21?,22?,23-,24+/m0/s1. The van der Waals surface area contributed by atoms with Crippen molar-refractivity contribution in [2.75, 3.05) is 6.61 Å². The fourth-order valence-corrected chi connectivity index (χ4v) is 8.85. The molecule has 1 heteroatoms. The van der Waals surface area contributed by atoms with E-state index in [-0.39, 0.29) is 0 Å². The minimum absolute atomic E-state index is 0.377. The third-order valence-corrected chi connectivity index (χ3v) is 10.3. The van der Waals surface area contributed by atoms with Gasteiger partial charge in [0.05, 0.1) is 0 Å². The molecule has 4 aliphatic carbocycles. The van der Waals surface area contributed by atoms with Crippen LogP contribution in [0.5, 0.6) is 0 Å². The van der Waals surface area contributed by atoms with Crippen molar-refractivity contribution < 1.29 is 5.11 Å². The van der Waals surface area contributed by atoms with E-state index in [0.29, 0.717) is 23.4 Å². The lowest BCUT2D eigenvalue weighted by Crippen LogP contribution is -2.53. The minimum Gasteiger partial charge on any atom is -0.396 e. The molecular weight excluding hydrogens is 304 g/mol. The van der Waals surface area contributed by atoms with Crippen LogP contribution in [-0.2, 0) is 0 Å². The first-order chi connectivity index (χ1) is 11.9. The fraction of sp³-hybridized carbons (Fsp3) is 1.00. The average molecular weight is 347 g/mol. The van der Waals surface area contributed by atoms with Gasteiger partial charge in [0.1, 0.15) is 0 Å². The summed E-state index contributed by atoms with van der Waals surface area (Å²) in [6.07, 6.45) is 14.4. The Kier molecular flexibility index (Phi) is 4.79. The Labute approximate surface area is 156 Å². The second kappa shape index (κ2) is 6.54. The van der Waals surface area contributed by atoms with Crippen molar-refractivity contribution in [3.8, 4) is 0 Å². The molecular formula is C24H42O. The third kappa shape index (κ3) is 2.74.